The van der Waals surface area contributed by atoms with Gasteiger partial charge in [0.25, 0.3) is 5.91 Å². The molecule has 2 amide bonds. The first kappa shape index (κ1) is 19.3. The van der Waals surface area contributed by atoms with E-state index in [2.05, 4.69) is 22.8 Å². The van der Waals surface area contributed by atoms with Crippen LogP contribution in [0.25, 0.3) is 0 Å². The van der Waals surface area contributed by atoms with Gasteiger partial charge in [-0.15, -0.1) is 6.42 Å². The van der Waals surface area contributed by atoms with Crippen LogP contribution in [0.1, 0.15) is 6.42 Å². The van der Waals surface area contributed by atoms with Crippen LogP contribution in [0.5, 0.6) is 0 Å². The smallest absolute Gasteiger partial charge is 0.255 e. The van der Waals surface area contributed by atoms with Crippen LogP contribution in [0.15, 0.2) is 28.9 Å². The normalized spacial score (nSPS) is 21.7. The van der Waals surface area contributed by atoms with E-state index in [1.807, 2.05) is 0 Å². The number of methoxy groups -OCH3 is 1. The molecule has 0 unspecified atom stereocenters. The lowest BCUT2D eigenvalue weighted by atomic mass is 10.1. The SMILES string of the molecule is C#C/C(N)=C(\C(N)=O)C(=NC)N[C@H]1C[C@H](COC)N(C(=O)C=C)C1. The first-order valence-electron chi connectivity index (χ1n) is 7.31. The van der Waals surface area contributed by atoms with Crippen molar-refractivity contribution in [3.63, 3.8) is 0 Å². The zero-order valence-corrected chi connectivity index (χ0v) is 13.9. The highest BCUT2D eigenvalue weighted by molar-refractivity contribution is 6.21. The van der Waals surface area contributed by atoms with Crippen LogP contribution < -0.4 is 16.8 Å². The van der Waals surface area contributed by atoms with Crippen LogP contribution in [0.2, 0.25) is 0 Å². The summed E-state index contributed by atoms with van der Waals surface area (Å²) in [6.45, 7) is 4.30. The molecule has 0 spiro atoms. The molecule has 1 fully saturated rings. The zero-order chi connectivity index (χ0) is 18.3. The predicted octanol–water partition coefficient (Wildman–Crippen LogP) is -1.26. The van der Waals surface area contributed by atoms with Crippen molar-refractivity contribution in [3.05, 3.63) is 23.9 Å². The van der Waals surface area contributed by atoms with Gasteiger partial charge < -0.3 is 26.4 Å². The van der Waals surface area contributed by atoms with Crippen LogP contribution >= 0.6 is 0 Å². The highest BCUT2D eigenvalue weighted by Crippen LogP contribution is 2.19. The van der Waals surface area contributed by atoms with Gasteiger partial charge in [-0.1, -0.05) is 12.5 Å². The van der Waals surface area contributed by atoms with Crippen molar-refractivity contribution in [1.82, 2.24) is 10.2 Å². The molecular weight excluding hydrogens is 310 g/mol. The molecule has 130 valence electrons. The second-order valence-corrected chi connectivity index (χ2v) is 5.25. The molecule has 8 heteroatoms. The molecule has 0 aromatic heterocycles. The molecule has 0 aromatic rings. The Morgan fingerprint density at radius 2 is 2.21 bits per heavy atom. The number of nitrogens with one attached hydrogen (secondary N) is 1. The van der Waals surface area contributed by atoms with Gasteiger partial charge in [-0.3, -0.25) is 14.6 Å². The van der Waals surface area contributed by atoms with Crippen molar-refractivity contribution in [2.24, 2.45) is 16.5 Å². The number of ether oxygens (including phenoxy) is 1. The number of nitrogens with zero attached hydrogens (tertiary/aromatic N) is 2. The molecule has 1 heterocycles. The van der Waals surface area contributed by atoms with Crippen LogP contribution in [-0.4, -0.2) is 61.9 Å². The number of rotatable bonds is 6. The minimum absolute atomic E-state index is 0.0446. The lowest BCUT2D eigenvalue weighted by Crippen LogP contribution is -2.42. The van der Waals surface area contributed by atoms with Crippen molar-refractivity contribution in [1.29, 1.82) is 0 Å². The quantitative estimate of drug-likeness (QED) is 0.242. The molecule has 0 aromatic carbocycles. The van der Waals surface area contributed by atoms with E-state index < -0.39 is 5.91 Å². The number of hydrogen-bond donors (Lipinski definition) is 3. The highest BCUT2D eigenvalue weighted by atomic mass is 16.5. The van der Waals surface area contributed by atoms with Gasteiger partial charge in [-0.25, -0.2) is 0 Å². The number of amidine groups is 1. The fourth-order valence-electron chi connectivity index (χ4n) is 2.65. The molecule has 5 N–H and O–H groups in total. The van der Waals surface area contributed by atoms with Crippen molar-refractivity contribution >= 4 is 17.6 Å². The second kappa shape index (κ2) is 8.74. The standard InChI is InChI=1S/C16H23N5O3/c1-5-12(17)14(15(18)23)16(19-3)20-10-7-11(9-24-4)21(8-10)13(22)6-2/h1,6,10-11H,2,7-9,17H2,3-4H3,(H2,18,23)(H,19,20)/b14-12-/t10-,11+/m0/s1. The predicted molar refractivity (Wildman–Crippen MR) is 91.7 cm³/mol. The summed E-state index contributed by atoms with van der Waals surface area (Å²) in [6, 6.07) is -0.269. The first-order valence-corrected chi connectivity index (χ1v) is 7.31. The number of nitrogens with two attached hydrogens (primary N) is 2. The Morgan fingerprint density at radius 3 is 2.67 bits per heavy atom. The number of terminal acetylenes is 1. The lowest BCUT2D eigenvalue weighted by Gasteiger charge is -2.22. The fraction of sp³-hybridized carbons (Fsp3) is 0.438. The van der Waals surface area contributed by atoms with Gasteiger partial charge in [-0.05, 0) is 12.5 Å². The first-order chi connectivity index (χ1) is 11.4. The molecule has 1 rings (SSSR count). The van der Waals surface area contributed by atoms with Gasteiger partial charge in [0.1, 0.15) is 11.4 Å². The lowest BCUT2D eigenvalue weighted by molar-refractivity contribution is -0.127. The average molecular weight is 333 g/mol. The third kappa shape index (κ3) is 4.36. The molecule has 0 saturated carbocycles. The summed E-state index contributed by atoms with van der Waals surface area (Å²) in [5, 5.41) is 3.09. The van der Waals surface area contributed by atoms with Gasteiger partial charge in [-0.2, -0.15) is 0 Å². The maximum absolute atomic E-state index is 12.0. The number of aliphatic imine (C=N–C) groups is 1. The summed E-state index contributed by atoms with van der Waals surface area (Å²) in [5.74, 6) is 1.43. The Kier molecular flexibility index (Phi) is 7.01. The fourth-order valence-corrected chi connectivity index (χ4v) is 2.65. The molecule has 0 aliphatic carbocycles. The number of likely N-dealkylation sites (tertiary alicyclic amines) is 1. The number of carbonyl (C=O) groups is 2. The van der Waals surface area contributed by atoms with E-state index in [1.54, 1.807) is 12.0 Å². The van der Waals surface area contributed by atoms with Crippen LogP contribution in [-0.2, 0) is 14.3 Å². The van der Waals surface area contributed by atoms with E-state index in [9.17, 15) is 9.59 Å². The third-order valence-corrected chi connectivity index (χ3v) is 3.70. The number of amides is 2. The number of primary amides is 1. The largest absolute Gasteiger partial charge is 0.391 e. The Bertz CT molecular complexity index is 618. The summed E-state index contributed by atoms with van der Waals surface area (Å²) >= 11 is 0. The van der Waals surface area contributed by atoms with E-state index in [1.165, 1.54) is 13.1 Å². The molecule has 1 aliphatic heterocycles. The van der Waals surface area contributed by atoms with E-state index in [4.69, 9.17) is 22.6 Å². The van der Waals surface area contributed by atoms with E-state index in [0.717, 1.165) is 0 Å². The van der Waals surface area contributed by atoms with E-state index >= 15 is 0 Å². The highest BCUT2D eigenvalue weighted by Gasteiger charge is 2.35. The monoisotopic (exact) mass is 333 g/mol. The third-order valence-electron chi connectivity index (χ3n) is 3.70. The van der Waals surface area contributed by atoms with Gasteiger partial charge in [0.05, 0.1) is 18.3 Å². The van der Waals surface area contributed by atoms with E-state index in [0.29, 0.717) is 19.6 Å². The summed E-state index contributed by atoms with van der Waals surface area (Å²) in [5.41, 5.74) is 10.9. The van der Waals surface area contributed by atoms with Crippen molar-refractivity contribution in [3.8, 4) is 12.3 Å². The average Bonchev–Trinajstić information content (AvgIpc) is 2.95. The minimum atomic E-state index is -0.774. The molecule has 0 bridgehead atoms. The van der Waals surface area contributed by atoms with Crippen LogP contribution in [0.3, 0.4) is 0 Å². The van der Waals surface area contributed by atoms with Crippen molar-refractivity contribution in [2.45, 2.75) is 18.5 Å². The summed E-state index contributed by atoms with van der Waals surface area (Å²) in [6.07, 6.45) is 7.11. The van der Waals surface area contributed by atoms with Crippen LogP contribution in [0, 0.1) is 12.3 Å². The maximum Gasteiger partial charge on any atom is 0.255 e. The Hall–Kier alpha value is -2.79. The summed E-state index contributed by atoms with van der Waals surface area (Å²) in [4.78, 5) is 29.3. The van der Waals surface area contributed by atoms with Crippen LogP contribution in [0.4, 0.5) is 0 Å². The molecule has 24 heavy (non-hydrogen) atoms. The van der Waals surface area contributed by atoms with E-state index in [-0.39, 0.29) is 35.1 Å². The number of carbonyl (C=O) groups excluding carboxylic acids is 2. The topological polar surface area (TPSA) is 123 Å². The molecule has 0 radical (unpaired) electrons. The van der Waals surface area contributed by atoms with Gasteiger partial charge >= 0.3 is 0 Å². The Balaban J connectivity index is 2.99. The van der Waals surface area contributed by atoms with Gasteiger partial charge in [0.2, 0.25) is 5.91 Å². The Labute approximate surface area is 141 Å². The zero-order valence-electron chi connectivity index (χ0n) is 13.9. The van der Waals surface area contributed by atoms with Gasteiger partial charge in [0.15, 0.2) is 0 Å². The maximum atomic E-state index is 12.0. The second-order valence-electron chi connectivity index (χ2n) is 5.25. The number of hydrogen-bond acceptors (Lipinski definition) is 5. The van der Waals surface area contributed by atoms with Crippen molar-refractivity contribution < 1.29 is 14.3 Å². The minimum Gasteiger partial charge on any atom is -0.391 e. The summed E-state index contributed by atoms with van der Waals surface area (Å²) < 4.78 is 5.16. The molecule has 2 atom stereocenters. The Morgan fingerprint density at radius 1 is 1.54 bits per heavy atom. The van der Waals surface area contributed by atoms with Gasteiger partial charge in [0, 0.05) is 26.7 Å². The number of allylic oxidation sites excluding steroid dienone is 1. The molecular formula is C16H23N5O3. The summed E-state index contributed by atoms with van der Waals surface area (Å²) in [7, 11) is 3.06. The molecule has 8 nitrogen and oxygen atoms in total. The molecule has 1 saturated heterocycles. The van der Waals surface area contributed by atoms with Crippen molar-refractivity contribution in [2.75, 3.05) is 27.3 Å². The molecule has 1 aliphatic rings.